The van der Waals surface area contributed by atoms with E-state index in [1.54, 1.807) is 12.1 Å². The summed E-state index contributed by atoms with van der Waals surface area (Å²) in [6.45, 7) is 2.09. The van der Waals surface area contributed by atoms with Crippen molar-refractivity contribution in [2.75, 3.05) is 11.4 Å². The van der Waals surface area contributed by atoms with Crippen LogP contribution in [0.3, 0.4) is 0 Å². The first-order valence-electron chi connectivity index (χ1n) is 6.40. The standard InChI is InChI=1S/C14H20N2O3/c1-2-6-12(15)14(19)16(10-9-13(17)18)11-7-4-3-5-8-11/h3-5,7-8,12H,2,6,9-10,15H2,1H3,(H,17,18)/t12-/m0/s1. The van der Waals surface area contributed by atoms with Gasteiger partial charge in [0, 0.05) is 12.2 Å². The smallest absolute Gasteiger partial charge is 0.305 e. The highest BCUT2D eigenvalue weighted by Crippen LogP contribution is 2.15. The van der Waals surface area contributed by atoms with Crippen LogP contribution in [0, 0.1) is 0 Å². The Labute approximate surface area is 113 Å². The molecule has 0 spiro atoms. The van der Waals surface area contributed by atoms with Crippen molar-refractivity contribution in [1.29, 1.82) is 0 Å². The molecule has 0 aliphatic heterocycles. The van der Waals surface area contributed by atoms with Crippen LogP contribution in [0.2, 0.25) is 0 Å². The molecule has 0 aliphatic rings. The number of rotatable bonds is 7. The van der Waals surface area contributed by atoms with Crippen molar-refractivity contribution in [3.63, 3.8) is 0 Å². The molecule has 1 atom stereocenters. The number of nitrogens with zero attached hydrogens (tertiary/aromatic N) is 1. The number of aliphatic carboxylic acids is 1. The topological polar surface area (TPSA) is 83.6 Å². The van der Waals surface area contributed by atoms with E-state index in [0.29, 0.717) is 12.1 Å². The van der Waals surface area contributed by atoms with E-state index in [-0.39, 0.29) is 18.9 Å². The van der Waals surface area contributed by atoms with E-state index in [1.165, 1.54) is 4.90 Å². The van der Waals surface area contributed by atoms with Crippen molar-refractivity contribution in [2.24, 2.45) is 5.73 Å². The zero-order valence-electron chi connectivity index (χ0n) is 11.1. The molecule has 1 rings (SSSR count). The molecule has 1 aromatic rings. The zero-order valence-corrected chi connectivity index (χ0v) is 11.1. The van der Waals surface area contributed by atoms with Gasteiger partial charge in [0.25, 0.3) is 0 Å². The predicted octanol–water partition coefficient (Wildman–Crippen LogP) is 1.62. The summed E-state index contributed by atoms with van der Waals surface area (Å²) >= 11 is 0. The SMILES string of the molecule is CCC[C@H](N)C(=O)N(CCC(=O)O)c1ccccc1. The fourth-order valence-corrected chi connectivity index (χ4v) is 1.82. The van der Waals surface area contributed by atoms with Gasteiger partial charge in [0.1, 0.15) is 0 Å². The molecule has 0 fully saturated rings. The molecule has 0 unspecified atom stereocenters. The van der Waals surface area contributed by atoms with E-state index in [1.807, 2.05) is 25.1 Å². The highest BCUT2D eigenvalue weighted by Gasteiger charge is 2.22. The van der Waals surface area contributed by atoms with Gasteiger partial charge >= 0.3 is 5.97 Å². The molecule has 3 N–H and O–H groups in total. The number of para-hydroxylation sites is 1. The summed E-state index contributed by atoms with van der Waals surface area (Å²) in [6.07, 6.45) is 1.31. The maximum Gasteiger partial charge on any atom is 0.305 e. The van der Waals surface area contributed by atoms with Crippen LogP contribution in [0.25, 0.3) is 0 Å². The van der Waals surface area contributed by atoms with Crippen LogP contribution >= 0.6 is 0 Å². The molecule has 0 saturated heterocycles. The zero-order chi connectivity index (χ0) is 14.3. The molecule has 5 nitrogen and oxygen atoms in total. The quantitative estimate of drug-likeness (QED) is 0.784. The molecule has 0 saturated carbocycles. The molecular weight excluding hydrogens is 244 g/mol. The number of nitrogens with two attached hydrogens (primary N) is 1. The van der Waals surface area contributed by atoms with Gasteiger partial charge in [-0.1, -0.05) is 31.5 Å². The van der Waals surface area contributed by atoms with Gasteiger partial charge in [-0.25, -0.2) is 0 Å². The molecule has 0 aliphatic carbocycles. The summed E-state index contributed by atoms with van der Waals surface area (Å²) in [5, 5.41) is 8.76. The molecule has 0 bridgehead atoms. The second kappa shape index (κ2) is 7.53. The lowest BCUT2D eigenvalue weighted by Gasteiger charge is -2.25. The average molecular weight is 264 g/mol. The minimum Gasteiger partial charge on any atom is -0.481 e. The number of anilines is 1. The highest BCUT2D eigenvalue weighted by molar-refractivity contribution is 5.97. The molecule has 1 amide bonds. The maximum absolute atomic E-state index is 12.3. The number of benzene rings is 1. The summed E-state index contributed by atoms with van der Waals surface area (Å²) in [4.78, 5) is 24.4. The van der Waals surface area contributed by atoms with Gasteiger partial charge < -0.3 is 15.7 Å². The van der Waals surface area contributed by atoms with Crippen LogP contribution in [0.1, 0.15) is 26.2 Å². The second-order valence-electron chi connectivity index (χ2n) is 4.36. The Bertz CT molecular complexity index is 420. The number of carbonyl (C=O) groups is 2. The van der Waals surface area contributed by atoms with E-state index < -0.39 is 12.0 Å². The van der Waals surface area contributed by atoms with Crippen LogP contribution in [-0.4, -0.2) is 29.6 Å². The highest BCUT2D eigenvalue weighted by atomic mass is 16.4. The van der Waals surface area contributed by atoms with Gasteiger partial charge in [0.05, 0.1) is 12.5 Å². The summed E-state index contributed by atoms with van der Waals surface area (Å²) < 4.78 is 0. The Morgan fingerprint density at radius 2 is 1.95 bits per heavy atom. The lowest BCUT2D eigenvalue weighted by molar-refractivity contribution is -0.136. The van der Waals surface area contributed by atoms with Crippen LogP contribution < -0.4 is 10.6 Å². The van der Waals surface area contributed by atoms with Gasteiger partial charge in [-0.2, -0.15) is 0 Å². The third-order valence-electron chi connectivity index (χ3n) is 2.80. The number of carboxylic acids is 1. The van der Waals surface area contributed by atoms with E-state index in [9.17, 15) is 9.59 Å². The first-order valence-corrected chi connectivity index (χ1v) is 6.40. The van der Waals surface area contributed by atoms with Gasteiger partial charge in [-0.3, -0.25) is 9.59 Å². The number of hydrogen-bond donors (Lipinski definition) is 2. The Hall–Kier alpha value is -1.88. The van der Waals surface area contributed by atoms with Gasteiger partial charge in [0.2, 0.25) is 5.91 Å². The number of amides is 1. The second-order valence-corrected chi connectivity index (χ2v) is 4.36. The number of hydrogen-bond acceptors (Lipinski definition) is 3. The molecule has 0 aromatic heterocycles. The number of carboxylic acid groups (broad SMARTS) is 1. The predicted molar refractivity (Wildman–Crippen MR) is 73.9 cm³/mol. The molecule has 5 heteroatoms. The Kier molecular flexibility index (Phi) is 6.02. The van der Waals surface area contributed by atoms with Crippen molar-refractivity contribution < 1.29 is 14.7 Å². The Balaban J connectivity index is 2.86. The summed E-state index contributed by atoms with van der Waals surface area (Å²) in [5.41, 5.74) is 6.51. The summed E-state index contributed by atoms with van der Waals surface area (Å²) in [6, 6.07) is 8.43. The molecule has 0 radical (unpaired) electrons. The van der Waals surface area contributed by atoms with Crippen molar-refractivity contribution in [3.8, 4) is 0 Å². The van der Waals surface area contributed by atoms with Crippen LogP contribution in [0.5, 0.6) is 0 Å². The minimum absolute atomic E-state index is 0.0977. The Morgan fingerprint density at radius 1 is 1.32 bits per heavy atom. The van der Waals surface area contributed by atoms with Crippen molar-refractivity contribution >= 4 is 17.6 Å². The molecule has 1 aromatic carbocycles. The van der Waals surface area contributed by atoms with E-state index in [2.05, 4.69) is 0 Å². The van der Waals surface area contributed by atoms with Crippen molar-refractivity contribution in [2.45, 2.75) is 32.2 Å². The third-order valence-corrected chi connectivity index (χ3v) is 2.80. The fraction of sp³-hybridized carbons (Fsp3) is 0.429. The van der Waals surface area contributed by atoms with Gasteiger partial charge in [-0.05, 0) is 18.6 Å². The summed E-state index contributed by atoms with van der Waals surface area (Å²) in [5.74, 6) is -1.16. The first-order chi connectivity index (χ1) is 9.06. The molecule has 104 valence electrons. The van der Waals surface area contributed by atoms with E-state index in [0.717, 1.165) is 6.42 Å². The van der Waals surface area contributed by atoms with E-state index in [4.69, 9.17) is 10.8 Å². The molecule has 0 heterocycles. The third kappa shape index (κ3) is 4.71. The van der Waals surface area contributed by atoms with E-state index >= 15 is 0 Å². The molecular formula is C14H20N2O3. The average Bonchev–Trinajstić information content (AvgIpc) is 2.40. The van der Waals surface area contributed by atoms with Crippen LogP contribution in [0.15, 0.2) is 30.3 Å². The monoisotopic (exact) mass is 264 g/mol. The lowest BCUT2D eigenvalue weighted by atomic mass is 10.1. The first kappa shape index (κ1) is 15.2. The lowest BCUT2D eigenvalue weighted by Crippen LogP contribution is -2.44. The van der Waals surface area contributed by atoms with Crippen molar-refractivity contribution in [1.82, 2.24) is 0 Å². The Morgan fingerprint density at radius 3 is 2.47 bits per heavy atom. The van der Waals surface area contributed by atoms with Crippen molar-refractivity contribution in [3.05, 3.63) is 30.3 Å². The maximum atomic E-state index is 12.3. The van der Waals surface area contributed by atoms with Crippen LogP contribution in [-0.2, 0) is 9.59 Å². The number of carbonyl (C=O) groups excluding carboxylic acids is 1. The van der Waals surface area contributed by atoms with Gasteiger partial charge in [0.15, 0.2) is 0 Å². The minimum atomic E-state index is -0.933. The normalized spacial score (nSPS) is 11.9. The molecule has 19 heavy (non-hydrogen) atoms. The van der Waals surface area contributed by atoms with Crippen LogP contribution in [0.4, 0.5) is 5.69 Å². The van der Waals surface area contributed by atoms with Gasteiger partial charge in [-0.15, -0.1) is 0 Å². The fourth-order valence-electron chi connectivity index (χ4n) is 1.82. The summed E-state index contributed by atoms with van der Waals surface area (Å²) in [7, 11) is 0. The largest absolute Gasteiger partial charge is 0.481 e.